The van der Waals surface area contributed by atoms with Gasteiger partial charge in [-0.3, -0.25) is 20.4 Å². The number of nitrogens with one attached hydrogen (secondary N) is 2. The molecule has 2 amide bonds. The topological polar surface area (TPSA) is 107 Å². The van der Waals surface area contributed by atoms with Crippen molar-refractivity contribution >= 4 is 35.2 Å². The first kappa shape index (κ1) is 21.1. The lowest BCUT2D eigenvalue weighted by atomic mass is 10.2. The monoisotopic (exact) mass is 403 g/mol. The molecule has 0 saturated carbocycles. The van der Waals surface area contributed by atoms with Crippen LogP contribution in [0.4, 0.5) is 0 Å². The van der Waals surface area contributed by atoms with Crippen molar-refractivity contribution < 1.29 is 23.9 Å². The van der Waals surface area contributed by atoms with Gasteiger partial charge in [0.2, 0.25) is 5.91 Å². The maximum atomic E-state index is 11.7. The Morgan fingerprint density at radius 3 is 2.50 bits per heavy atom. The second-order valence-corrected chi connectivity index (χ2v) is 6.54. The van der Waals surface area contributed by atoms with Crippen molar-refractivity contribution in [3.8, 4) is 5.75 Å². The molecular formula is C19H21N3O5S. The van der Waals surface area contributed by atoms with Gasteiger partial charge in [0, 0.05) is 17.2 Å². The number of hydrazine groups is 1. The Kier molecular flexibility index (Phi) is 8.16. The molecule has 2 aromatic rings. The van der Waals surface area contributed by atoms with E-state index in [0.717, 1.165) is 17.0 Å². The van der Waals surface area contributed by atoms with Gasteiger partial charge in [0.15, 0.2) is 6.61 Å². The zero-order valence-corrected chi connectivity index (χ0v) is 16.4. The highest BCUT2D eigenvalue weighted by Crippen LogP contribution is 2.13. The van der Waals surface area contributed by atoms with E-state index in [0.29, 0.717) is 11.6 Å². The second-order valence-electron chi connectivity index (χ2n) is 5.60. The lowest BCUT2D eigenvalue weighted by Crippen LogP contribution is -2.44. The SMILES string of the molecule is CCOc1ccc(/C=C/C(=O)OCC(=O)NNC(=O)Cc2nc(C)cs2)cc1. The van der Waals surface area contributed by atoms with E-state index < -0.39 is 24.4 Å². The Morgan fingerprint density at radius 2 is 1.86 bits per heavy atom. The highest BCUT2D eigenvalue weighted by atomic mass is 32.1. The third-order valence-electron chi connectivity index (χ3n) is 3.27. The molecule has 9 heteroatoms. The van der Waals surface area contributed by atoms with Crippen LogP contribution in [-0.2, 0) is 25.5 Å². The molecule has 0 aliphatic rings. The van der Waals surface area contributed by atoms with Crippen LogP contribution in [0.25, 0.3) is 6.08 Å². The predicted octanol–water partition coefficient (Wildman–Crippen LogP) is 1.80. The fraction of sp³-hybridized carbons (Fsp3) is 0.263. The van der Waals surface area contributed by atoms with E-state index in [1.807, 2.05) is 19.2 Å². The molecule has 0 atom stereocenters. The largest absolute Gasteiger partial charge is 0.494 e. The molecule has 0 fully saturated rings. The Balaban J connectivity index is 1.67. The van der Waals surface area contributed by atoms with Gasteiger partial charge in [-0.05, 0) is 37.6 Å². The smallest absolute Gasteiger partial charge is 0.331 e. The molecule has 2 rings (SSSR count). The molecule has 0 spiro atoms. The van der Waals surface area contributed by atoms with Gasteiger partial charge in [-0.25, -0.2) is 9.78 Å². The van der Waals surface area contributed by atoms with Gasteiger partial charge >= 0.3 is 5.97 Å². The minimum Gasteiger partial charge on any atom is -0.494 e. The summed E-state index contributed by atoms with van der Waals surface area (Å²) >= 11 is 1.36. The number of rotatable bonds is 8. The van der Waals surface area contributed by atoms with Crippen LogP contribution in [0.1, 0.15) is 23.2 Å². The summed E-state index contributed by atoms with van der Waals surface area (Å²) in [6.45, 7) is 3.79. The van der Waals surface area contributed by atoms with Crippen LogP contribution >= 0.6 is 11.3 Å². The van der Waals surface area contributed by atoms with Crippen molar-refractivity contribution in [2.45, 2.75) is 20.3 Å². The third-order valence-corrected chi connectivity index (χ3v) is 4.23. The molecule has 148 valence electrons. The fourth-order valence-electron chi connectivity index (χ4n) is 2.03. The molecule has 28 heavy (non-hydrogen) atoms. The lowest BCUT2D eigenvalue weighted by Gasteiger charge is -2.06. The zero-order valence-electron chi connectivity index (χ0n) is 15.6. The number of benzene rings is 1. The number of aryl methyl sites for hydroxylation is 1. The summed E-state index contributed by atoms with van der Waals surface area (Å²) in [6, 6.07) is 7.16. The van der Waals surface area contributed by atoms with E-state index in [1.54, 1.807) is 30.3 Å². The van der Waals surface area contributed by atoms with Crippen molar-refractivity contribution in [3.63, 3.8) is 0 Å². The van der Waals surface area contributed by atoms with Crippen LogP contribution in [-0.4, -0.2) is 36.0 Å². The van der Waals surface area contributed by atoms with Crippen LogP contribution in [0.5, 0.6) is 5.75 Å². The Bertz CT molecular complexity index is 846. The molecule has 0 unspecified atom stereocenters. The van der Waals surface area contributed by atoms with E-state index in [-0.39, 0.29) is 6.42 Å². The molecule has 1 aromatic heterocycles. The number of esters is 1. The number of nitrogens with zero attached hydrogens (tertiary/aromatic N) is 1. The minimum absolute atomic E-state index is 0.0589. The zero-order chi connectivity index (χ0) is 20.4. The minimum atomic E-state index is -0.673. The number of amides is 2. The quantitative estimate of drug-likeness (QED) is 0.395. The second kappa shape index (κ2) is 10.8. The van der Waals surface area contributed by atoms with Crippen LogP contribution in [0, 0.1) is 6.92 Å². The van der Waals surface area contributed by atoms with Crippen molar-refractivity contribution in [2.24, 2.45) is 0 Å². The van der Waals surface area contributed by atoms with Crippen molar-refractivity contribution in [2.75, 3.05) is 13.2 Å². The van der Waals surface area contributed by atoms with Crippen LogP contribution in [0.15, 0.2) is 35.7 Å². The van der Waals surface area contributed by atoms with Crippen LogP contribution in [0.2, 0.25) is 0 Å². The van der Waals surface area contributed by atoms with Crippen LogP contribution < -0.4 is 15.6 Å². The molecule has 0 aliphatic heterocycles. The van der Waals surface area contributed by atoms with Crippen molar-refractivity contribution in [1.82, 2.24) is 15.8 Å². The van der Waals surface area contributed by atoms with Crippen molar-refractivity contribution in [3.05, 3.63) is 52.0 Å². The fourth-order valence-corrected chi connectivity index (χ4v) is 2.80. The van der Waals surface area contributed by atoms with E-state index >= 15 is 0 Å². The highest BCUT2D eigenvalue weighted by Gasteiger charge is 2.09. The van der Waals surface area contributed by atoms with Gasteiger partial charge in [0.1, 0.15) is 10.8 Å². The van der Waals surface area contributed by atoms with Gasteiger partial charge in [-0.2, -0.15) is 0 Å². The Hall–Kier alpha value is -3.20. The number of hydrogen-bond acceptors (Lipinski definition) is 7. The summed E-state index contributed by atoms with van der Waals surface area (Å²) < 4.78 is 10.2. The number of carbonyl (C=O) groups excluding carboxylic acids is 3. The molecule has 1 aromatic carbocycles. The van der Waals surface area contributed by atoms with Gasteiger partial charge < -0.3 is 9.47 Å². The number of aromatic nitrogens is 1. The molecule has 0 bridgehead atoms. The number of carbonyl (C=O) groups is 3. The molecule has 8 nitrogen and oxygen atoms in total. The molecule has 2 N–H and O–H groups in total. The van der Waals surface area contributed by atoms with Gasteiger partial charge in [0.25, 0.3) is 5.91 Å². The summed E-state index contributed by atoms with van der Waals surface area (Å²) in [5.74, 6) is -0.990. The standard InChI is InChI=1S/C19H21N3O5S/c1-3-26-15-7-4-14(5-8-15)6-9-19(25)27-11-17(24)22-21-16(23)10-18-20-13(2)12-28-18/h4-9,12H,3,10-11H2,1-2H3,(H,21,23)(H,22,24)/b9-6+. The molecule has 0 saturated heterocycles. The molecule has 0 radical (unpaired) electrons. The summed E-state index contributed by atoms with van der Waals surface area (Å²) in [5, 5.41) is 2.48. The van der Waals surface area contributed by atoms with Gasteiger partial charge in [-0.1, -0.05) is 12.1 Å². The van der Waals surface area contributed by atoms with Gasteiger partial charge in [-0.15, -0.1) is 11.3 Å². The lowest BCUT2D eigenvalue weighted by molar-refractivity contribution is -0.144. The Morgan fingerprint density at radius 1 is 1.14 bits per heavy atom. The maximum absolute atomic E-state index is 11.7. The normalized spacial score (nSPS) is 10.5. The third kappa shape index (κ3) is 7.58. The van der Waals surface area contributed by atoms with Crippen molar-refractivity contribution in [1.29, 1.82) is 0 Å². The van der Waals surface area contributed by atoms with Gasteiger partial charge in [0.05, 0.1) is 13.0 Å². The summed E-state index contributed by atoms with van der Waals surface area (Å²) in [6.07, 6.45) is 2.84. The maximum Gasteiger partial charge on any atom is 0.331 e. The molecule has 1 heterocycles. The van der Waals surface area contributed by atoms with E-state index in [9.17, 15) is 14.4 Å². The van der Waals surface area contributed by atoms with E-state index in [2.05, 4.69) is 15.8 Å². The number of ether oxygens (including phenoxy) is 2. The summed E-state index contributed by atoms with van der Waals surface area (Å²) in [7, 11) is 0. The summed E-state index contributed by atoms with van der Waals surface area (Å²) in [4.78, 5) is 39.2. The van der Waals surface area contributed by atoms with E-state index in [4.69, 9.17) is 9.47 Å². The number of hydrogen-bond donors (Lipinski definition) is 2. The predicted molar refractivity (Wildman–Crippen MR) is 104 cm³/mol. The average molecular weight is 403 g/mol. The first-order valence-corrected chi connectivity index (χ1v) is 9.40. The highest BCUT2D eigenvalue weighted by molar-refractivity contribution is 7.09. The molecule has 0 aliphatic carbocycles. The van der Waals surface area contributed by atoms with Crippen LogP contribution in [0.3, 0.4) is 0 Å². The average Bonchev–Trinajstić information content (AvgIpc) is 3.09. The Labute approximate surface area is 166 Å². The first-order valence-electron chi connectivity index (χ1n) is 8.52. The summed E-state index contributed by atoms with van der Waals surface area (Å²) in [5.41, 5.74) is 6.05. The molecular weight excluding hydrogens is 382 g/mol. The van der Waals surface area contributed by atoms with E-state index in [1.165, 1.54) is 17.4 Å². The first-order chi connectivity index (χ1) is 13.5. The number of thiazole rings is 1.